The molecule has 0 radical (unpaired) electrons. The molecule has 2 aromatic heterocycles. The molecule has 7 heteroatoms. The van der Waals surface area contributed by atoms with E-state index in [1.54, 1.807) is 7.11 Å². The van der Waals surface area contributed by atoms with Crippen LogP contribution in [0.2, 0.25) is 0 Å². The lowest BCUT2D eigenvalue weighted by molar-refractivity contribution is 0.253. The maximum absolute atomic E-state index is 6.55. The number of halogens is 1. The molecule has 2 aromatic carbocycles. The van der Waals surface area contributed by atoms with E-state index in [9.17, 15) is 0 Å². The van der Waals surface area contributed by atoms with E-state index < -0.39 is 0 Å². The Kier molecular flexibility index (Phi) is 5.71. The van der Waals surface area contributed by atoms with E-state index in [1.165, 1.54) is 12.0 Å². The SMILES string of the molecule is COc1cc(C2=CCN=C2)c2nc(-c3ccc(C4(N)CCC4)cc3)c(-c3ccccc3)n2n1.Cl. The molecule has 0 atom stereocenters. The van der Waals surface area contributed by atoms with Crippen molar-refractivity contribution in [3.8, 4) is 28.4 Å². The quantitative estimate of drug-likeness (QED) is 0.428. The lowest BCUT2D eigenvalue weighted by atomic mass is 9.72. The van der Waals surface area contributed by atoms with E-state index in [0.717, 1.165) is 52.1 Å². The van der Waals surface area contributed by atoms with Crippen LogP contribution in [0.15, 0.2) is 71.7 Å². The summed E-state index contributed by atoms with van der Waals surface area (Å²) in [6, 6.07) is 20.7. The Morgan fingerprint density at radius 1 is 1.00 bits per heavy atom. The number of hydrogen-bond acceptors (Lipinski definition) is 5. The Hall–Kier alpha value is -3.48. The second kappa shape index (κ2) is 8.70. The molecule has 1 fully saturated rings. The molecule has 3 heterocycles. The predicted octanol–water partition coefficient (Wildman–Crippen LogP) is 5.30. The molecule has 0 spiro atoms. The van der Waals surface area contributed by atoms with Crippen LogP contribution in [-0.4, -0.2) is 34.5 Å². The normalized spacial score (nSPS) is 16.1. The van der Waals surface area contributed by atoms with Crippen LogP contribution in [-0.2, 0) is 5.54 Å². The van der Waals surface area contributed by atoms with Gasteiger partial charge in [-0.25, -0.2) is 9.50 Å². The lowest BCUT2D eigenvalue weighted by Gasteiger charge is -2.38. The summed E-state index contributed by atoms with van der Waals surface area (Å²) in [6.45, 7) is 0.674. The largest absolute Gasteiger partial charge is 0.480 e. The summed E-state index contributed by atoms with van der Waals surface area (Å²) in [5.74, 6) is 0.533. The number of aromatic nitrogens is 3. The van der Waals surface area contributed by atoms with Crippen LogP contribution in [0.4, 0.5) is 0 Å². The molecule has 172 valence electrons. The Morgan fingerprint density at radius 3 is 2.38 bits per heavy atom. The minimum Gasteiger partial charge on any atom is -0.480 e. The molecule has 0 bridgehead atoms. The van der Waals surface area contributed by atoms with E-state index in [-0.39, 0.29) is 17.9 Å². The Morgan fingerprint density at radius 2 is 1.76 bits per heavy atom. The van der Waals surface area contributed by atoms with E-state index >= 15 is 0 Å². The fourth-order valence-electron chi connectivity index (χ4n) is 4.71. The number of hydrogen-bond donors (Lipinski definition) is 1. The first-order valence-electron chi connectivity index (χ1n) is 11.3. The van der Waals surface area contributed by atoms with Crippen LogP contribution < -0.4 is 10.5 Å². The van der Waals surface area contributed by atoms with Gasteiger partial charge in [0.2, 0.25) is 5.88 Å². The highest BCUT2D eigenvalue weighted by Crippen LogP contribution is 2.40. The number of methoxy groups -OCH3 is 1. The van der Waals surface area contributed by atoms with Gasteiger partial charge < -0.3 is 10.5 Å². The number of aliphatic imine (C=N–C) groups is 1. The number of imidazole rings is 1. The summed E-state index contributed by atoms with van der Waals surface area (Å²) in [5.41, 5.74) is 14.2. The molecule has 6 nitrogen and oxygen atoms in total. The maximum Gasteiger partial charge on any atom is 0.232 e. The molecule has 0 amide bonds. The van der Waals surface area contributed by atoms with Crippen molar-refractivity contribution in [1.82, 2.24) is 14.6 Å². The summed E-state index contributed by atoms with van der Waals surface area (Å²) >= 11 is 0. The number of nitrogens with zero attached hydrogens (tertiary/aromatic N) is 4. The lowest BCUT2D eigenvalue weighted by Crippen LogP contribution is -2.43. The van der Waals surface area contributed by atoms with Crippen molar-refractivity contribution in [2.75, 3.05) is 13.7 Å². The molecular weight excluding hydrogens is 446 g/mol. The highest BCUT2D eigenvalue weighted by atomic mass is 35.5. The summed E-state index contributed by atoms with van der Waals surface area (Å²) < 4.78 is 7.45. The molecule has 2 N–H and O–H groups in total. The van der Waals surface area contributed by atoms with Gasteiger partial charge in [-0.3, -0.25) is 4.99 Å². The minimum atomic E-state index is -0.184. The number of fused-ring (bicyclic) bond motifs is 1. The first kappa shape index (κ1) is 22.3. The molecular formula is C27H26ClN5O. The molecule has 2 aliphatic rings. The monoisotopic (exact) mass is 471 g/mol. The summed E-state index contributed by atoms with van der Waals surface area (Å²) in [5, 5.41) is 4.77. The van der Waals surface area contributed by atoms with Gasteiger partial charge in [-0.1, -0.05) is 60.7 Å². The van der Waals surface area contributed by atoms with Crippen LogP contribution in [0, 0.1) is 0 Å². The van der Waals surface area contributed by atoms with Crippen LogP contribution in [0.25, 0.3) is 33.7 Å². The molecule has 6 rings (SSSR count). The molecule has 0 unspecified atom stereocenters. The van der Waals surface area contributed by atoms with Crippen molar-refractivity contribution >= 4 is 29.8 Å². The van der Waals surface area contributed by atoms with Crippen molar-refractivity contribution in [2.24, 2.45) is 10.7 Å². The molecule has 0 saturated heterocycles. The predicted molar refractivity (Wildman–Crippen MR) is 139 cm³/mol. The van der Waals surface area contributed by atoms with Gasteiger partial charge in [0.05, 0.1) is 19.3 Å². The molecule has 4 aromatic rings. The Labute approximate surface area is 204 Å². The van der Waals surface area contributed by atoms with Crippen molar-refractivity contribution < 1.29 is 4.74 Å². The van der Waals surface area contributed by atoms with E-state index in [2.05, 4.69) is 47.5 Å². The summed E-state index contributed by atoms with van der Waals surface area (Å²) in [7, 11) is 1.64. The second-order valence-electron chi connectivity index (χ2n) is 8.75. The third kappa shape index (κ3) is 3.59. The van der Waals surface area contributed by atoms with Crippen molar-refractivity contribution in [3.63, 3.8) is 0 Å². The Bertz CT molecular complexity index is 1400. The van der Waals surface area contributed by atoms with Crippen molar-refractivity contribution in [1.29, 1.82) is 0 Å². The number of allylic oxidation sites excluding steroid dienone is 1. The minimum absolute atomic E-state index is 0. The standard InChI is InChI=1S/C27H25N5O.ClH/c1-33-23-16-22(20-12-15-29-17-20)26-30-24(25(32(26)31-23)19-6-3-2-4-7-19)18-8-10-21(11-9-18)27(28)13-5-14-27;/h2-4,6-12,16-17H,5,13-15,28H2,1H3;1H. The number of ether oxygens (including phenoxy) is 1. The highest BCUT2D eigenvalue weighted by molar-refractivity contribution is 6.14. The summed E-state index contributed by atoms with van der Waals surface area (Å²) in [6.07, 6.45) is 7.26. The summed E-state index contributed by atoms with van der Waals surface area (Å²) in [4.78, 5) is 9.48. The van der Waals surface area contributed by atoms with E-state index in [0.29, 0.717) is 12.4 Å². The fraction of sp³-hybridized carbons (Fsp3) is 0.222. The average molecular weight is 472 g/mol. The van der Waals surface area contributed by atoms with Crippen LogP contribution in [0.5, 0.6) is 5.88 Å². The van der Waals surface area contributed by atoms with Gasteiger partial charge in [0, 0.05) is 40.1 Å². The molecule has 34 heavy (non-hydrogen) atoms. The van der Waals surface area contributed by atoms with Gasteiger partial charge in [0.25, 0.3) is 0 Å². The zero-order valence-electron chi connectivity index (χ0n) is 18.9. The van der Waals surface area contributed by atoms with Gasteiger partial charge in [0.1, 0.15) is 5.69 Å². The van der Waals surface area contributed by atoms with Crippen LogP contribution in [0.1, 0.15) is 30.4 Å². The zero-order chi connectivity index (χ0) is 22.4. The topological polar surface area (TPSA) is 77.8 Å². The fourth-order valence-corrected chi connectivity index (χ4v) is 4.71. The third-order valence-corrected chi connectivity index (χ3v) is 6.76. The maximum atomic E-state index is 6.55. The first-order chi connectivity index (χ1) is 16.2. The van der Waals surface area contributed by atoms with Gasteiger partial charge in [-0.2, -0.15) is 0 Å². The van der Waals surface area contributed by atoms with Gasteiger partial charge in [-0.05, 0) is 24.8 Å². The Balaban J connectivity index is 0.00000241. The van der Waals surface area contributed by atoms with Crippen LogP contribution >= 0.6 is 12.4 Å². The molecule has 1 saturated carbocycles. The van der Waals surface area contributed by atoms with E-state index in [1.807, 2.05) is 35.0 Å². The van der Waals surface area contributed by atoms with Gasteiger partial charge >= 0.3 is 0 Å². The van der Waals surface area contributed by atoms with E-state index in [4.69, 9.17) is 20.6 Å². The second-order valence-corrected chi connectivity index (χ2v) is 8.75. The first-order valence-corrected chi connectivity index (χ1v) is 11.3. The third-order valence-electron chi connectivity index (χ3n) is 6.76. The molecule has 1 aliphatic carbocycles. The van der Waals surface area contributed by atoms with Crippen LogP contribution in [0.3, 0.4) is 0 Å². The zero-order valence-corrected chi connectivity index (χ0v) is 19.8. The highest BCUT2D eigenvalue weighted by Gasteiger charge is 2.34. The number of benzene rings is 2. The molecule has 1 aliphatic heterocycles. The smallest absolute Gasteiger partial charge is 0.232 e. The van der Waals surface area contributed by atoms with Crippen molar-refractivity contribution in [2.45, 2.75) is 24.8 Å². The van der Waals surface area contributed by atoms with Gasteiger partial charge in [-0.15, -0.1) is 17.5 Å². The average Bonchev–Trinajstić information content (AvgIpc) is 3.51. The number of nitrogens with two attached hydrogens (primary N) is 1. The van der Waals surface area contributed by atoms with Gasteiger partial charge in [0.15, 0.2) is 5.65 Å². The van der Waals surface area contributed by atoms with Crippen molar-refractivity contribution in [3.05, 3.63) is 77.9 Å². The number of rotatable bonds is 5.